The van der Waals surface area contributed by atoms with Crippen molar-refractivity contribution in [2.45, 2.75) is 72.2 Å². The average molecular weight is 425 g/mol. The van der Waals surface area contributed by atoms with Gasteiger partial charge in [0.2, 0.25) is 0 Å². The predicted octanol–water partition coefficient (Wildman–Crippen LogP) is 3.07. The zero-order chi connectivity index (χ0) is 22.2. The Hall–Kier alpha value is -2.58. The van der Waals surface area contributed by atoms with E-state index in [4.69, 9.17) is 4.74 Å². The van der Waals surface area contributed by atoms with Crippen molar-refractivity contribution in [3.8, 4) is 0 Å². The molecule has 4 rings (SSSR count). The Labute approximate surface area is 182 Å². The molecule has 1 fully saturated rings. The first-order chi connectivity index (χ1) is 14.7. The third-order valence-corrected chi connectivity index (χ3v) is 5.80. The van der Waals surface area contributed by atoms with Crippen molar-refractivity contribution in [2.24, 2.45) is 0 Å². The molecular weight excluding hydrogens is 392 g/mol. The van der Waals surface area contributed by atoms with Crippen molar-refractivity contribution in [3.05, 3.63) is 51.1 Å². The molecule has 1 atom stereocenters. The van der Waals surface area contributed by atoms with Crippen LogP contribution in [-0.4, -0.2) is 49.3 Å². The van der Waals surface area contributed by atoms with E-state index in [0.29, 0.717) is 13.1 Å². The summed E-state index contributed by atoms with van der Waals surface area (Å²) >= 11 is 0. The Morgan fingerprint density at radius 3 is 2.74 bits per heavy atom. The first-order valence-corrected chi connectivity index (χ1v) is 11.0. The number of rotatable bonds is 6. The number of fused-ring (bicyclic) bond motifs is 1. The van der Waals surface area contributed by atoms with Crippen LogP contribution in [0.15, 0.2) is 23.0 Å². The highest BCUT2D eigenvalue weighted by Gasteiger charge is 2.25. The second kappa shape index (κ2) is 8.51. The minimum Gasteiger partial charge on any atom is -0.377 e. The number of H-pyrrole nitrogens is 1. The van der Waals surface area contributed by atoms with Gasteiger partial charge in [-0.2, -0.15) is 0 Å². The molecule has 0 saturated carbocycles. The van der Waals surface area contributed by atoms with Gasteiger partial charge in [0.15, 0.2) is 5.82 Å². The van der Waals surface area contributed by atoms with Crippen molar-refractivity contribution >= 4 is 10.9 Å². The summed E-state index contributed by atoms with van der Waals surface area (Å²) in [4.78, 5) is 18.2. The largest absolute Gasteiger partial charge is 0.377 e. The molecule has 1 aliphatic heterocycles. The van der Waals surface area contributed by atoms with E-state index in [2.05, 4.69) is 59.2 Å². The maximum atomic E-state index is 12.9. The quantitative estimate of drug-likeness (QED) is 0.654. The minimum absolute atomic E-state index is 0.0507. The molecule has 1 aliphatic rings. The summed E-state index contributed by atoms with van der Waals surface area (Å²) in [6.07, 6.45) is 2.28. The number of nitrogens with zero attached hydrogens (tertiary/aromatic N) is 5. The number of pyridine rings is 1. The van der Waals surface area contributed by atoms with Gasteiger partial charge in [0, 0.05) is 36.2 Å². The molecule has 0 aliphatic carbocycles. The van der Waals surface area contributed by atoms with E-state index >= 15 is 0 Å². The number of benzene rings is 1. The lowest BCUT2D eigenvalue weighted by Gasteiger charge is -2.26. The Morgan fingerprint density at radius 2 is 2.03 bits per heavy atom. The molecule has 1 N–H and O–H groups in total. The molecule has 2 aromatic heterocycles. The van der Waals surface area contributed by atoms with Crippen LogP contribution in [0.1, 0.15) is 56.1 Å². The van der Waals surface area contributed by atoms with E-state index in [9.17, 15) is 4.79 Å². The average Bonchev–Trinajstić information content (AvgIpc) is 3.34. The third kappa shape index (κ3) is 4.85. The van der Waals surface area contributed by atoms with Crippen molar-refractivity contribution in [1.29, 1.82) is 0 Å². The molecule has 8 heteroatoms. The molecule has 3 aromatic rings. The molecule has 1 aromatic carbocycles. The molecule has 0 radical (unpaired) electrons. The van der Waals surface area contributed by atoms with Gasteiger partial charge in [-0.1, -0.05) is 6.07 Å². The fraction of sp³-hybridized carbons (Fsp3) is 0.565. The molecule has 1 saturated heterocycles. The van der Waals surface area contributed by atoms with Crippen LogP contribution in [0.2, 0.25) is 0 Å². The summed E-state index contributed by atoms with van der Waals surface area (Å²) in [5.41, 5.74) is 3.66. The van der Waals surface area contributed by atoms with Gasteiger partial charge in [-0.3, -0.25) is 9.69 Å². The van der Waals surface area contributed by atoms with E-state index in [1.807, 2.05) is 23.7 Å². The van der Waals surface area contributed by atoms with Gasteiger partial charge in [0.1, 0.15) is 0 Å². The summed E-state index contributed by atoms with van der Waals surface area (Å²) in [5.74, 6) is 0.787. The van der Waals surface area contributed by atoms with E-state index < -0.39 is 0 Å². The number of aryl methyl sites for hydroxylation is 2. The van der Waals surface area contributed by atoms with Gasteiger partial charge < -0.3 is 9.72 Å². The van der Waals surface area contributed by atoms with Crippen molar-refractivity contribution in [3.63, 3.8) is 0 Å². The van der Waals surface area contributed by atoms with Crippen LogP contribution in [0.4, 0.5) is 0 Å². The SMILES string of the molecule is Cc1cc(C)c2cc(CN(Cc3nnnn3C(C)(C)C)CC3CCCO3)c(=O)[nH]c2c1. The molecule has 3 heterocycles. The van der Waals surface area contributed by atoms with Gasteiger partial charge in [0.25, 0.3) is 5.56 Å². The van der Waals surface area contributed by atoms with Gasteiger partial charge in [-0.05, 0) is 81.1 Å². The number of tetrazole rings is 1. The maximum absolute atomic E-state index is 12.9. The summed E-state index contributed by atoms with van der Waals surface area (Å²) in [6.45, 7) is 13.0. The number of aromatic nitrogens is 5. The van der Waals surface area contributed by atoms with E-state index in [1.54, 1.807) is 0 Å². The molecule has 8 nitrogen and oxygen atoms in total. The van der Waals surface area contributed by atoms with Crippen LogP contribution in [-0.2, 0) is 23.4 Å². The fourth-order valence-electron chi connectivity index (χ4n) is 4.36. The molecular formula is C23H32N6O2. The second-order valence-corrected chi connectivity index (χ2v) is 9.65. The van der Waals surface area contributed by atoms with E-state index in [0.717, 1.165) is 59.4 Å². The lowest BCUT2D eigenvalue weighted by molar-refractivity contribution is 0.0657. The van der Waals surface area contributed by atoms with Crippen LogP contribution >= 0.6 is 0 Å². The predicted molar refractivity (Wildman–Crippen MR) is 120 cm³/mol. The highest BCUT2D eigenvalue weighted by Crippen LogP contribution is 2.21. The van der Waals surface area contributed by atoms with Crippen molar-refractivity contribution in [2.75, 3.05) is 13.2 Å². The fourth-order valence-corrected chi connectivity index (χ4v) is 4.36. The third-order valence-electron chi connectivity index (χ3n) is 5.80. The Bertz CT molecular complexity index is 1120. The van der Waals surface area contributed by atoms with Crippen LogP contribution in [0.25, 0.3) is 10.9 Å². The highest BCUT2D eigenvalue weighted by molar-refractivity contribution is 5.83. The normalized spacial score (nSPS) is 17.2. The zero-order valence-electron chi connectivity index (χ0n) is 19.1. The standard InChI is InChI=1S/C23H32N6O2/c1-15-9-16(2)19-11-17(22(30)24-20(19)10-15)12-28(13-18-7-6-8-31-18)14-21-25-26-27-29(21)23(3,4)5/h9-11,18H,6-8,12-14H2,1-5H3,(H,24,30). The minimum atomic E-state index is -0.218. The summed E-state index contributed by atoms with van der Waals surface area (Å²) in [6, 6.07) is 6.19. The summed E-state index contributed by atoms with van der Waals surface area (Å²) in [7, 11) is 0. The summed E-state index contributed by atoms with van der Waals surface area (Å²) in [5, 5.41) is 13.4. The van der Waals surface area contributed by atoms with Crippen LogP contribution in [0.3, 0.4) is 0 Å². The molecule has 0 spiro atoms. The van der Waals surface area contributed by atoms with Crippen LogP contribution in [0, 0.1) is 13.8 Å². The maximum Gasteiger partial charge on any atom is 0.252 e. The van der Waals surface area contributed by atoms with Gasteiger partial charge in [0.05, 0.1) is 18.2 Å². The van der Waals surface area contributed by atoms with E-state index in [1.165, 1.54) is 0 Å². The Kier molecular flexibility index (Phi) is 5.94. The van der Waals surface area contributed by atoms with Crippen molar-refractivity contribution in [1.82, 2.24) is 30.1 Å². The molecule has 0 bridgehead atoms. The van der Waals surface area contributed by atoms with Crippen LogP contribution < -0.4 is 5.56 Å². The molecule has 166 valence electrons. The lowest BCUT2D eigenvalue weighted by atomic mass is 10.0. The van der Waals surface area contributed by atoms with Gasteiger partial charge >= 0.3 is 0 Å². The molecule has 0 amide bonds. The Balaban J connectivity index is 1.65. The van der Waals surface area contributed by atoms with Crippen LogP contribution in [0.5, 0.6) is 0 Å². The van der Waals surface area contributed by atoms with Crippen molar-refractivity contribution < 1.29 is 4.74 Å². The van der Waals surface area contributed by atoms with Gasteiger partial charge in [-0.25, -0.2) is 4.68 Å². The van der Waals surface area contributed by atoms with E-state index in [-0.39, 0.29) is 17.2 Å². The highest BCUT2D eigenvalue weighted by atomic mass is 16.5. The number of aromatic amines is 1. The lowest BCUT2D eigenvalue weighted by Crippen LogP contribution is -2.35. The summed E-state index contributed by atoms with van der Waals surface area (Å²) < 4.78 is 7.74. The number of nitrogens with one attached hydrogen (secondary N) is 1. The number of hydrogen-bond acceptors (Lipinski definition) is 6. The molecule has 1 unspecified atom stereocenters. The molecule has 31 heavy (non-hydrogen) atoms. The smallest absolute Gasteiger partial charge is 0.252 e. The zero-order valence-corrected chi connectivity index (χ0v) is 19.1. The first kappa shape index (κ1) is 21.6. The number of hydrogen-bond donors (Lipinski definition) is 1. The Morgan fingerprint density at radius 1 is 1.23 bits per heavy atom. The first-order valence-electron chi connectivity index (χ1n) is 11.0. The second-order valence-electron chi connectivity index (χ2n) is 9.65. The topological polar surface area (TPSA) is 88.9 Å². The number of ether oxygens (including phenoxy) is 1. The monoisotopic (exact) mass is 424 g/mol. The van der Waals surface area contributed by atoms with Gasteiger partial charge in [-0.15, -0.1) is 5.10 Å².